The van der Waals surface area contributed by atoms with Gasteiger partial charge in [0.2, 0.25) is 11.8 Å². The van der Waals surface area contributed by atoms with Crippen molar-refractivity contribution < 1.29 is 9.59 Å². The number of hydrogen-bond donors (Lipinski definition) is 2. The molecule has 6 heteroatoms. The van der Waals surface area contributed by atoms with Gasteiger partial charge in [0, 0.05) is 21.4 Å². The third-order valence-electron chi connectivity index (χ3n) is 4.36. The fraction of sp³-hybridized carbons (Fsp3) is 0.263. The maximum Gasteiger partial charge on any atom is 0.240 e. The van der Waals surface area contributed by atoms with Crippen molar-refractivity contribution in [3.63, 3.8) is 0 Å². The first-order valence-corrected chi connectivity index (χ1v) is 8.86. The molecule has 2 amide bonds. The molecule has 0 unspecified atom stereocenters. The van der Waals surface area contributed by atoms with Crippen LogP contribution in [0, 0.1) is 5.41 Å². The second kappa shape index (κ2) is 7.06. The van der Waals surface area contributed by atoms with Crippen molar-refractivity contribution in [2.75, 3.05) is 10.6 Å². The van der Waals surface area contributed by atoms with Crippen molar-refractivity contribution in [1.29, 1.82) is 0 Å². The zero-order valence-electron chi connectivity index (χ0n) is 13.7. The maximum atomic E-state index is 12.6. The summed E-state index contributed by atoms with van der Waals surface area (Å²) in [6.07, 6.45) is 1.97. The molecule has 0 bridgehead atoms. The SMILES string of the molecule is CCc1ccc(NC(=O)C2(C(=O)Nc3cc(Cl)cc(Cl)c3)CC2)cc1. The number of nitrogens with one attached hydrogen (secondary N) is 2. The standard InChI is InChI=1S/C19H18Cl2N2O2/c1-2-12-3-5-15(6-4-12)22-17(24)19(7-8-19)18(25)23-16-10-13(20)9-14(21)11-16/h3-6,9-11H,2,7-8H2,1H3,(H,22,24)(H,23,25). The predicted molar refractivity (Wildman–Crippen MR) is 101 cm³/mol. The van der Waals surface area contributed by atoms with E-state index >= 15 is 0 Å². The Morgan fingerprint density at radius 2 is 1.44 bits per heavy atom. The van der Waals surface area contributed by atoms with Crippen molar-refractivity contribution in [2.45, 2.75) is 26.2 Å². The lowest BCUT2D eigenvalue weighted by molar-refractivity contribution is -0.131. The van der Waals surface area contributed by atoms with Crippen molar-refractivity contribution in [1.82, 2.24) is 0 Å². The predicted octanol–water partition coefficient (Wildman–Crippen LogP) is 4.91. The third-order valence-corrected chi connectivity index (χ3v) is 4.80. The van der Waals surface area contributed by atoms with Crippen LogP contribution in [0.4, 0.5) is 11.4 Å². The molecule has 0 atom stereocenters. The van der Waals surface area contributed by atoms with E-state index in [-0.39, 0.29) is 11.8 Å². The fourth-order valence-corrected chi connectivity index (χ4v) is 3.16. The zero-order chi connectivity index (χ0) is 18.0. The number of benzene rings is 2. The summed E-state index contributed by atoms with van der Waals surface area (Å²) in [7, 11) is 0. The van der Waals surface area contributed by atoms with Gasteiger partial charge >= 0.3 is 0 Å². The van der Waals surface area contributed by atoms with Gasteiger partial charge in [0.25, 0.3) is 0 Å². The van der Waals surface area contributed by atoms with E-state index in [9.17, 15) is 9.59 Å². The van der Waals surface area contributed by atoms with E-state index in [0.29, 0.717) is 34.3 Å². The number of anilines is 2. The van der Waals surface area contributed by atoms with E-state index < -0.39 is 5.41 Å². The molecule has 0 heterocycles. The Labute approximate surface area is 156 Å². The summed E-state index contributed by atoms with van der Waals surface area (Å²) < 4.78 is 0. The second-order valence-corrected chi connectivity index (χ2v) is 7.07. The summed E-state index contributed by atoms with van der Waals surface area (Å²) >= 11 is 11.9. The molecule has 3 rings (SSSR count). The van der Waals surface area contributed by atoms with Gasteiger partial charge < -0.3 is 10.6 Å². The molecule has 0 spiro atoms. The van der Waals surface area contributed by atoms with Crippen LogP contribution in [0.25, 0.3) is 0 Å². The average Bonchev–Trinajstić information content (AvgIpc) is 3.36. The average molecular weight is 377 g/mol. The summed E-state index contributed by atoms with van der Waals surface area (Å²) in [5.41, 5.74) is 1.33. The molecule has 1 fully saturated rings. The van der Waals surface area contributed by atoms with Crippen LogP contribution in [0.1, 0.15) is 25.3 Å². The van der Waals surface area contributed by atoms with E-state index in [1.807, 2.05) is 24.3 Å². The van der Waals surface area contributed by atoms with Gasteiger partial charge in [-0.05, 0) is 55.2 Å². The molecule has 2 aromatic rings. The molecule has 1 aliphatic carbocycles. The maximum absolute atomic E-state index is 12.6. The van der Waals surface area contributed by atoms with Gasteiger partial charge in [-0.3, -0.25) is 9.59 Å². The minimum atomic E-state index is -1.03. The number of amides is 2. The van der Waals surface area contributed by atoms with Crippen molar-refractivity contribution in [3.05, 3.63) is 58.1 Å². The fourth-order valence-electron chi connectivity index (χ4n) is 2.63. The molecule has 130 valence electrons. The number of carbonyl (C=O) groups is 2. The Morgan fingerprint density at radius 1 is 0.920 bits per heavy atom. The molecule has 0 radical (unpaired) electrons. The number of aryl methyl sites for hydroxylation is 1. The Bertz CT molecular complexity index is 794. The van der Waals surface area contributed by atoms with E-state index in [1.165, 1.54) is 5.56 Å². The van der Waals surface area contributed by atoms with Gasteiger partial charge in [-0.2, -0.15) is 0 Å². The van der Waals surface area contributed by atoms with E-state index in [4.69, 9.17) is 23.2 Å². The molecule has 2 aromatic carbocycles. The second-order valence-electron chi connectivity index (χ2n) is 6.20. The molecule has 1 saturated carbocycles. The van der Waals surface area contributed by atoms with E-state index in [0.717, 1.165) is 6.42 Å². The highest BCUT2D eigenvalue weighted by Gasteiger charge is 2.56. The summed E-state index contributed by atoms with van der Waals surface area (Å²) in [5.74, 6) is -0.629. The van der Waals surface area contributed by atoms with Crippen LogP contribution in [-0.4, -0.2) is 11.8 Å². The van der Waals surface area contributed by atoms with Gasteiger partial charge in [-0.25, -0.2) is 0 Å². The van der Waals surface area contributed by atoms with Crippen LogP contribution >= 0.6 is 23.2 Å². The van der Waals surface area contributed by atoms with E-state index in [1.54, 1.807) is 18.2 Å². The smallest absolute Gasteiger partial charge is 0.240 e. The van der Waals surface area contributed by atoms with Gasteiger partial charge in [0.1, 0.15) is 5.41 Å². The summed E-state index contributed by atoms with van der Waals surface area (Å²) in [6, 6.07) is 12.4. The minimum absolute atomic E-state index is 0.289. The van der Waals surface area contributed by atoms with Crippen LogP contribution < -0.4 is 10.6 Å². The first-order valence-electron chi connectivity index (χ1n) is 8.11. The quantitative estimate of drug-likeness (QED) is 0.728. The van der Waals surface area contributed by atoms with Gasteiger partial charge in [-0.1, -0.05) is 42.3 Å². The third kappa shape index (κ3) is 3.97. The Kier molecular flexibility index (Phi) is 5.02. The van der Waals surface area contributed by atoms with Crippen LogP contribution in [0.2, 0.25) is 10.0 Å². The summed E-state index contributed by atoms with van der Waals surface area (Å²) in [5, 5.41) is 6.42. The molecule has 0 saturated heterocycles. The van der Waals surface area contributed by atoms with Crippen LogP contribution in [0.3, 0.4) is 0 Å². The van der Waals surface area contributed by atoms with Gasteiger partial charge in [-0.15, -0.1) is 0 Å². The molecular formula is C19H18Cl2N2O2. The normalized spacial score (nSPS) is 14.7. The van der Waals surface area contributed by atoms with Gasteiger partial charge in [0.05, 0.1) is 0 Å². The first kappa shape index (κ1) is 17.8. The zero-order valence-corrected chi connectivity index (χ0v) is 15.2. The largest absolute Gasteiger partial charge is 0.325 e. The monoisotopic (exact) mass is 376 g/mol. The lowest BCUT2D eigenvalue weighted by atomic mass is 10.0. The first-order chi connectivity index (χ1) is 11.9. The minimum Gasteiger partial charge on any atom is -0.325 e. The lowest BCUT2D eigenvalue weighted by Gasteiger charge is -2.16. The Balaban J connectivity index is 1.69. The molecule has 25 heavy (non-hydrogen) atoms. The molecule has 2 N–H and O–H groups in total. The highest BCUT2D eigenvalue weighted by Crippen LogP contribution is 2.47. The number of hydrogen-bond acceptors (Lipinski definition) is 2. The van der Waals surface area contributed by atoms with Crippen LogP contribution in [-0.2, 0) is 16.0 Å². The van der Waals surface area contributed by atoms with Crippen molar-refractivity contribution >= 4 is 46.4 Å². The molecule has 4 nitrogen and oxygen atoms in total. The van der Waals surface area contributed by atoms with Gasteiger partial charge in [0.15, 0.2) is 0 Å². The lowest BCUT2D eigenvalue weighted by Crippen LogP contribution is -2.35. The molecule has 0 aliphatic heterocycles. The van der Waals surface area contributed by atoms with Crippen molar-refractivity contribution in [3.8, 4) is 0 Å². The topological polar surface area (TPSA) is 58.2 Å². The summed E-state index contributed by atoms with van der Waals surface area (Å²) in [6.45, 7) is 2.07. The molecule has 0 aromatic heterocycles. The number of halogens is 2. The Hall–Kier alpha value is -2.04. The Morgan fingerprint density at radius 3 is 1.92 bits per heavy atom. The summed E-state index contributed by atoms with van der Waals surface area (Å²) in [4.78, 5) is 25.2. The molecule has 1 aliphatic rings. The molecular weight excluding hydrogens is 359 g/mol. The van der Waals surface area contributed by atoms with Crippen LogP contribution in [0.15, 0.2) is 42.5 Å². The highest BCUT2D eigenvalue weighted by atomic mass is 35.5. The number of carbonyl (C=O) groups excluding carboxylic acids is 2. The van der Waals surface area contributed by atoms with Crippen LogP contribution in [0.5, 0.6) is 0 Å². The van der Waals surface area contributed by atoms with Crippen molar-refractivity contribution in [2.24, 2.45) is 5.41 Å². The van der Waals surface area contributed by atoms with E-state index in [2.05, 4.69) is 17.6 Å². The number of rotatable bonds is 5. The highest BCUT2D eigenvalue weighted by molar-refractivity contribution is 6.35.